The molecule has 14 nitrogen and oxygen atoms in total. The third-order valence-corrected chi connectivity index (χ3v) is 8.81. The summed E-state index contributed by atoms with van der Waals surface area (Å²) in [5, 5.41) is 39.3. The number of aliphatic hydroxyl groups is 3. The van der Waals surface area contributed by atoms with Crippen LogP contribution in [0.1, 0.15) is 97.3 Å². The number of carboxylic acid groups (broad SMARTS) is 1. The van der Waals surface area contributed by atoms with Crippen molar-refractivity contribution in [2.24, 2.45) is 5.73 Å². The van der Waals surface area contributed by atoms with E-state index in [4.69, 9.17) is 24.8 Å². The zero-order chi connectivity index (χ0) is 44.0. The third kappa shape index (κ3) is 35.7. The fourth-order valence-corrected chi connectivity index (χ4v) is 5.35. The SMILES string of the molecule is CC/C=C\C/C=C\C/C=C\C/C=C\CCCCC(=O)OC[C@H](COP(=O)(O)OC[C@H](N)C(=O)O)OC(=O)CCC[C@@H](O)[C@H](O)\C=C/C=C\C=C\C=C\[C@@H](O)C/C=C\CC. The molecule has 0 aliphatic carbocycles. The molecule has 332 valence electrons. The standard InChI is InChI=1S/C44H68NO13P/c1-3-5-7-8-9-10-11-12-13-14-15-16-17-22-26-32-42(49)55-34-38(35-56-59(53,54)57-36-39(45)44(51)52)58-43(50)33-27-31-41(48)40(47)30-25-21-19-18-20-24-29-37(46)28-23-6-4-2/h5-7,9-10,12-13,15-16,18-21,23-25,29-30,37-41,46-48H,3-4,8,11,14,17,22,26-28,31-36,45H2,1-2H3,(H,51,52)(H,53,54)/b7-5-,10-9-,13-12-,16-15-,20-18+,21-19-,23-6-,29-24+,30-25-/t37-,38+,39-,40+,41+/m0/s1. The van der Waals surface area contributed by atoms with Gasteiger partial charge in [-0.05, 0) is 70.6 Å². The van der Waals surface area contributed by atoms with Gasteiger partial charge in [0.1, 0.15) is 12.6 Å². The van der Waals surface area contributed by atoms with E-state index >= 15 is 0 Å². The number of aliphatic carboxylic acids is 1. The number of allylic oxidation sites excluding steroid dienone is 15. The van der Waals surface area contributed by atoms with Crippen LogP contribution in [-0.4, -0.2) is 93.5 Å². The Bertz CT molecular complexity index is 1460. The van der Waals surface area contributed by atoms with Crippen molar-refractivity contribution in [2.75, 3.05) is 19.8 Å². The number of carboxylic acids is 1. The van der Waals surface area contributed by atoms with Crippen molar-refractivity contribution in [3.63, 3.8) is 0 Å². The highest BCUT2D eigenvalue weighted by molar-refractivity contribution is 7.47. The average Bonchev–Trinajstić information content (AvgIpc) is 3.20. The van der Waals surface area contributed by atoms with Gasteiger partial charge in [-0.3, -0.25) is 23.4 Å². The molecule has 0 aliphatic heterocycles. The van der Waals surface area contributed by atoms with Crippen molar-refractivity contribution >= 4 is 25.7 Å². The number of phosphoric acid groups is 1. The predicted molar refractivity (Wildman–Crippen MR) is 230 cm³/mol. The number of hydrogen-bond donors (Lipinski definition) is 6. The lowest BCUT2D eigenvalue weighted by atomic mass is 10.1. The maximum atomic E-state index is 12.6. The third-order valence-electron chi connectivity index (χ3n) is 7.86. The van der Waals surface area contributed by atoms with Crippen molar-refractivity contribution in [3.8, 4) is 0 Å². The van der Waals surface area contributed by atoms with Crippen molar-refractivity contribution in [1.82, 2.24) is 0 Å². The van der Waals surface area contributed by atoms with Crippen LogP contribution in [0.2, 0.25) is 0 Å². The number of carbonyl (C=O) groups is 3. The number of esters is 2. The molecule has 0 aliphatic rings. The Balaban J connectivity index is 4.85. The fraction of sp³-hybridized carbons (Fsp3) is 0.523. The normalized spacial score (nSPS) is 16.5. The van der Waals surface area contributed by atoms with Gasteiger partial charge in [0.2, 0.25) is 0 Å². The quantitative estimate of drug-likeness (QED) is 0.0122. The molecule has 7 N–H and O–H groups in total. The molecule has 0 aromatic heterocycles. The summed E-state index contributed by atoms with van der Waals surface area (Å²) in [4.78, 5) is 45.9. The molecule has 0 bridgehead atoms. The van der Waals surface area contributed by atoms with E-state index in [2.05, 4.69) is 54.0 Å². The van der Waals surface area contributed by atoms with E-state index in [1.165, 1.54) is 6.08 Å². The Morgan fingerprint density at radius 3 is 1.83 bits per heavy atom. The Hall–Kier alpha value is -3.98. The minimum absolute atomic E-state index is 0.0331. The van der Waals surface area contributed by atoms with Gasteiger partial charge in [0.25, 0.3) is 0 Å². The number of aliphatic hydroxyl groups excluding tert-OH is 3. The second kappa shape index (κ2) is 37.1. The van der Waals surface area contributed by atoms with Crippen LogP contribution in [-0.2, 0) is 37.5 Å². The van der Waals surface area contributed by atoms with Crippen LogP contribution >= 0.6 is 7.82 Å². The van der Waals surface area contributed by atoms with E-state index in [0.717, 1.165) is 44.9 Å². The zero-order valence-electron chi connectivity index (χ0n) is 34.6. The largest absolute Gasteiger partial charge is 0.480 e. The minimum atomic E-state index is -4.83. The molecule has 15 heteroatoms. The second-order valence-corrected chi connectivity index (χ2v) is 14.7. The Kier molecular flexibility index (Phi) is 34.6. The lowest BCUT2D eigenvalue weighted by Crippen LogP contribution is -2.34. The van der Waals surface area contributed by atoms with Gasteiger partial charge in [0.15, 0.2) is 6.10 Å². The Morgan fingerprint density at radius 2 is 1.20 bits per heavy atom. The van der Waals surface area contributed by atoms with Gasteiger partial charge in [0, 0.05) is 12.8 Å². The average molecular weight is 850 g/mol. The summed E-state index contributed by atoms with van der Waals surface area (Å²) >= 11 is 0. The maximum Gasteiger partial charge on any atom is 0.472 e. The molecule has 0 spiro atoms. The molecule has 1 unspecified atom stereocenters. The predicted octanol–water partition coefficient (Wildman–Crippen LogP) is 7.19. The molecule has 0 rings (SSSR count). The van der Waals surface area contributed by atoms with Crippen LogP contribution in [0.3, 0.4) is 0 Å². The highest BCUT2D eigenvalue weighted by atomic mass is 31.2. The second-order valence-electron chi connectivity index (χ2n) is 13.2. The van der Waals surface area contributed by atoms with Crippen molar-refractivity contribution in [3.05, 3.63) is 109 Å². The van der Waals surface area contributed by atoms with Gasteiger partial charge < -0.3 is 40.5 Å². The van der Waals surface area contributed by atoms with Crippen LogP contribution in [0.25, 0.3) is 0 Å². The van der Waals surface area contributed by atoms with E-state index in [1.807, 2.05) is 25.2 Å². The maximum absolute atomic E-state index is 12.6. The van der Waals surface area contributed by atoms with Crippen LogP contribution < -0.4 is 5.73 Å². The Labute approximate surface area is 350 Å². The molecule has 0 heterocycles. The molecule has 0 fully saturated rings. The van der Waals surface area contributed by atoms with Gasteiger partial charge in [-0.15, -0.1) is 0 Å². The van der Waals surface area contributed by atoms with Gasteiger partial charge in [-0.25, -0.2) is 4.57 Å². The molecular weight excluding hydrogens is 781 g/mol. The molecule has 0 radical (unpaired) electrons. The van der Waals surface area contributed by atoms with Gasteiger partial charge in [-0.2, -0.15) is 0 Å². The monoisotopic (exact) mass is 849 g/mol. The number of rotatable bonds is 35. The summed E-state index contributed by atoms with van der Waals surface area (Å²) in [5.41, 5.74) is 5.30. The first-order valence-electron chi connectivity index (χ1n) is 20.2. The zero-order valence-corrected chi connectivity index (χ0v) is 35.5. The van der Waals surface area contributed by atoms with E-state index in [-0.39, 0.29) is 25.7 Å². The fourth-order valence-electron chi connectivity index (χ4n) is 4.57. The lowest BCUT2D eigenvalue weighted by Gasteiger charge is -2.20. The van der Waals surface area contributed by atoms with Crippen molar-refractivity contribution in [1.29, 1.82) is 0 Å². The molecule has 59 heavy (non-hydrogen) atoms. The summed E-state index contributed by atoms with van der Waals surface area (Å²) < 4.78 is 32.3. The highest BCUT2D eigenvalue weighted by Crippen LogP contribution is 2.43. The van der Waals surface area contributed by atoms with Crippen molar-refractivity contribution < 1.29 is 62.8 Å². The van der Waals surface area contributed by atoms with Crippen LogP contribution in [0.15, 0.2) is 109 Å². The van der Waals surface area contributed by atoms with E-state index in [0.29, 0.717) is 12.8 Å². The van der Waals surface area contributed by atoms with Crippen LogP contribution in [0, 0.1) is 0 Å². The number of ether oxygens (including phenoxy) is 2. The summed E-state index contributed by atoms with van der Waals surface area (Å²) in [6.07, 6.45) is 36.8. The van der Waals surface area contributed by atoms with Crippen LogP contribution in [0.4, 0.5) is 0 Å². The number of carbonyl (C=O) groups excluding carboxylic acids is 2. The first-order valence-corrected chi connectivity index (χ1v) is 21.7. The summed E-state index contributed by atoms with van der Waals surface area (Å²) in [6, 6.07) is -1.59. The van der Waals surface area contributed by atoms with Gasteiger partial charge in [-0.1, -0.05) is 123 Å². The van der Waals surface area contributed by atoms with E-state index in [9.17, 15) is 39.2 Å². The molecule has 0 aromatic rings. The highest BCUT2D eigenvalue weighted by Gasteiger charge is 2.28. The molecular formula is C44H68NO13P. The van der Waals surface area contributed by atoms with E-state index in [1.54, 1.807) is 42.5 Å². The molecule has 0 saturated heterocycles. The first-order chi connectivity index (χ1) is 28.3. The molecule has 0 aromatic carbocycles. The Morgan fingerprint density at radius 1 is 0.661 bits per heavy atom. The summed E-state index contributed by atoms with van der Waals surface area (Å²) in [6.45, 7) is 2.06. The summed E-state index contributed by atoms with van der Waals surface area (Å²) in [5.74, 6) is -2.83. The smallest absolute Gasteiger partial charge is 0.472 e. The van der Waals surface area contributed by atoms with Crippen LogP contribution in [0.5, 0.6) is 0 Å². The molecule has 6 atom stereocenters. The number of unbranched alkanes of at least 4 members (excludes halogenated alkanes) is 2. The minimum Gasteiger partial charge on any atom is -0.480 e. The lowest BCUT2D eigenvalue weighted by molar-refractivity contribution is -0.161. The number of hydrogen-bond acceptors (Lipinski definition) is 12. The number of phosphoric ester groups is 1. The van der Waals surface area contributed by atoms with Crippen molar-refractivity contribution in [2.45, 2.75) is 128 Å². The number of nitrogens with two attached hydrogens (primary N) is 1. The topological polar surface area (TPSA) is 232 Å². The van der Waals surface area contributed by atoms with Gasteiger partial charge >= 0.3 is 25.7 Å². The first kappa shape index (κ1) is 55.0. The molecule has 0 amide bonds. The summed E-state index contributed by atoms with van der Waals surface area (Å²) in [7, 11) is -4.83. The van der Waals surface area contributed by atoms with E-state index < -0.39 is 76.0 Å². The van der Waals surface area contributed by atoms with Gasteiger partial charge in [0.05, 0.1) is 31.5 Å². The molecule has 0 saturated carbocycles.